The van der Waals surface area contributed by atoms with Crippen molar-refractivity contribution in [1.82, 2.24) is 9.97 Å². The van der Waals surface area contributed by atoms with E-state index in [2.05, 4.69) is 9.97 Å². The van der Waals surface area contributed by atoms with Gasteiger partial charge in [-0.15, -0.1) is 0 Å². The molecular weight excluding hydrogens is 248 g/mol. The normalized spacial score (nSPS) is 10.7. The van der Waals surface area contributed by atoms with Gasteiger partial charge in [0.05, 0.1) is 11.3 Å². The van der Waals surface area contributed by atoms with Crippen LogP contribution in [-0.2, 0) is 6.42 Å². The molecule has 19 heavy (non-hydrogen) atoms. The lowest BCUT2D eigenvalue weighted by Gasteiger charge is -2.09. The Bertz CT molecular complexity index is 612. The van der Waals surface area contributed by atoms with Gasteiger partial charge in [-0.1, -0.05) is 13.0 Å². The third-order valence-electron chi connectivity index (χ3n) is 2.81. The molecular formula is C14H15F2N3. The van der Waals surface area contributed by atoms with Crippen LogP contribution in [-0.4, -0.2) is 9.97 Å². The van der Waals surface area contributed by atoms with Crippen molar-refractivity contribution in [3.63, 3.8) is 0 Å². The van der Waals surface area contributed by atoms with Gasteiger partial charge >= 0.3 is 0 Å². The Morgan fingerprint density at radius 1 is 1.21 bits per heavy atom. The van der Waals surface area contributed by atoms with E-state index in [1.807, 2.05) is 6.92 Å². The summed E-state index contributed by atoms with van der Waals surface area (Å²) in [5.41, 5.74) is 6.08. The fourth-order valence-corrected chi connectivity index (χ4v) is 1.87. The van der Waals surface area contributed by atoms with E-state index in [1.54, 1.807) is 6.92 Å². The van der Waals surface area contributed by atoms with E-state index < -0.39 is 11.6 Å². The highest BCUT2D eigenvalue weighted by Gasteiger charge is 2.16. The van der Waals surface area contributed by atoms with Crippen LogP contribution in [0.2, 0.25) is 0 Å². The van der Waals surface area contributed by atoms with Gasteiger partial charge in [-0.05, 0) is 25.0 Å². The molecule has 0 aliphatic heterocycles. The van der Waals surface area contributed by atoms with Crippen molar-refractivity contribution in [2.75, 3.05) is 5.73 Å². The third-order valence-corrected chi connectivity index (χ3v) is 2.81. The van der Waals surface area contributed by atoms with Gasteiger partial charge in [0.2, 0.25) is 0 Å². The van der Waals surface area contributed by atoms with Gasteiger partial charge in [-0.2, -0.15) is 0 Å². The molecule has 0 spiro atoms. The lowest BCUT2D eigenvalue weighted by Crippen LogP contribution is -2.03. The summed E-state index contributed by atoms with van der Waals surface area (Å²) >= 11 is 0. The molecule has 0 unspecified atom stereocenters. The number of benzene rings is 1. The molecule has 1 aromatic carbocycles. The number of rotatable bonds is 3. The summed E-state index contributed by atoms with van der Waals surface area (Å²) in [6.07, 6.45) is 1.45. The van der Waals surface area contributed by atoms with Crippen molar-refractivity contribution < 1.29 is 8.78 Å². The zero-order valence-electron chi connectivity index (χ0n) is 10.9. The van der Waals surface area contributed by atoms with Crippen LogP contribution >= 0.6 is 0 Å². The van der Waals surface area contributed by atoms with Crippen molar-refractivity contribution >= 4 is 5.82 Å². The highest BCUT2D eigenvalue weighted by molar-refractivity contribution is 5.64. The number of aryl methyl sites for hydroxylation is 2. The number of aromatic nitrogens is 2. The molecule has 0 saturated carbocycles. The second-order valence-corrected chi connectivity index (χ2v) is 4.40. The molecule has 1 aromatic heterocycles. The van der Waals surface area contributed by atoms with Gasteiger partial charge in [0.15, 0.2) is 0 Å². The standard InChI is InChI=1S/C14H15F2N3/c1-3-4-12-18-10(7-11(17)19-12)13-9(15)6-5-8(2)14(13)16/h5-7H,3-4H2,1-2H3,(H2,17,18,19). The zero-order chi connectivity index (χ0) is 14.0. The zero-order valence-corrected chi connectivity index (χ0v) is 10.9. The minimum Gasteiger partial charge on any atom is -0.384 e. The van der Waals surface area contributed by atoms with Gasteiger partial charge < -0.3 is 5.73 Å². The molecule has 3 nitrogen and oxygen atoms in total. The average molecular weight is 263 g/mol. The second-order valence-electron chi connectivity index (χ2n) is 4.40. The van der Waals surface area contributed by atoms with Crippen LogP contribution in [0.25, 0.3) is 11.3 Å². The smallest absolute Gasteiger partial charge is 0.138 e. The maximum atomic E-state index is 14.1. The molecule has 0 atom stereocenters. The van der Waals surface area contributed by atoms with Crippen molar-refractivity contribution in [3.05, 3.63) is 41.2 Å². The van der Waals surface area contributed by atoms with Crippen LogP contribution < -0.4 is 5.73 Å². The SMILES string of the molecule is CCCc1nc(N)cc(-c2c(F)ccc(C)c2F)n1. The maximum Gasteiger partial charge on any atom is 0.138 e. The molecule has 100 valence electrons. The molecule has 0 amide bonds. The van der Waals surface area contributed by atoms with Crippen LogP contribution in [0.3, 0.4) is 0 Å². The summed E-state index contributed by atoms with van der Waals surface area (Å²) in [6.45, 7) is 3.55. The first kappa shape index (κ1) is 13.4. The first-order chi connectivity index (χ1) is 9.02. The van der Waals surface area contributed by atoms with Gasteiger partial charge in [0.25, 0.3) is 0 Å². The Labute approximate surface area is 110 Å². The van der Waals surface area contributed by atoms with Crippen LogP contribution in [0.15, 0.2) is 18.2 Å². The summed E-state index contributed by atoms with van der Waals surface area (Å²) in [5, 5.41) is 0. The minimum absolute atomic E-state index is 0.147. The number of nitrogens with two attached hydrogens (primary N) is 1. The summed E-state index contributed by atoms with van der Waals surface area (Å²) in [7, 11) is 0. The molecule has 2 aromatic rings. The maximum absolute atomic E-state index is 14.1. The quantitative estimate of drug-likeness (QED) is 0.924. The Morgan fingerprint density at radius 3 is 2.63 bits per heavy atom. The Hall–Kier alpha value is -2.04. The van der Waals surface area contributed by atoms with E-state index in [1.165, 1.54) is 18.2 Å². The van der Waals surface area contributed by atoms with Crippen molar-refractivity contribution in [3.8, 4) is 11.3 Å². The second kappa shape index (κ2) is 5.30. The fourth-order valence-electron chi connectivity index (χ4n) is 1.87. The predicted octanol–water partition coefficient (Wildman–Crippen LogP) is 3.26. The number of anilines is 1. The van der Waals surface area contributed by atoms with Crippen molar-refractivity contribution in [2.24, 2.45) is 0 Å². The summed E-state index contributed by atoms with van der Waals surface area (Å²) in [4.78, 5) is 8.24. The number of halogens is 2. The molecule has 0 aliphatic carbocycles. The number of nitrogens with zero attached hydrogens (tertiary/aromatic N) is 2. The van der Waals surface area contributed by atoms with Gasteiger partial charge in [0.1, 0.15) is 23.3 Å². The topological polar surface area (TPSA) is 51.8 Å². The van der Waals surface area contributed by atoms with Gasteiger partial charge in [0, 0.05) is 12.5 Å². The molecule has 0 fully saturated rings. The van der Waals surface area contributed by atoms with Crippen LogP contribution in [0, 0.1) is 18.6 Å². The number of hydrogen-bond donors (Lipinski definition) is 1. The van der Waals surface area contributed by atoms with Crippen molar-refractivity contribution in [1.29, 1.82) is 0 Å². The first-order valence-electron chi connectivity index (χ1n) is 6.11. The molecule has 2 rings (SSSR count). The summed E-state index contributed by atoms with van der Waals surface area (Å²) < 4.78 is 27.9. The van der Waals surface area contributed by atoms with Crippen LogP contribution in [0.5, 0.6) is 0 Å². The first-order valence-corrected chi connectivity index (χ1v) is 6.11. The average Bonchev–Trinajstić information content (AvgIpc) is 2.34. The molecule has 1 heterocycles. The Balaban J connectivity index is 2.62. The monoisotopic (exact) mass is 263 g/mol. The number of hydrogen-bond acceptors (Lipinski definition) is 3. The molecule has 0 radical (unpaired) electrons. The summed E-state index contributed by atoms with van der Waals surface area (Å²) in [6, 6.07) is 4.01. The molecule has 0 aliphatic rings. The Morgan fingerprint density at radius 2 is 1.95 bits per heavy atom. The van der Waals surface area contributed by atoms with E-state index in [4.69, 9.17) is 5.73 Å². The van der Waals surface area contributed by atoms with E-state index in [9.17, 15) is 8.78 Å². The highest BCUT2D eigenvalue weighted by atomic mass is 19.1. The third kappa shape index (κ3) is 2.70. The number of nitrogen functional groups attached to an aromatic ring is 1. The fraction of sp³-hybridized carbons (Fsp3) is 0.286. The molecule has 2 N–H and O–H groups in total. The van der Waals surface area contributed by atoms with Gasteiger partial charge in [-0.25, -0.2) is 18.7 Å². The van der Waals surface area contributed by atoms with Crippen molar-refractivity contribution in [2.45, 2.75) is 26.7 Å². The van der Waals surface area contributed by atoms with E-state index >= 15 is 0 Å². The molecule has 0 bridgehead atoms. The van der Waals surface area contributed by atoms with Crippen LogP contribution in [0.1, 0.15) is 24.7 Å². The predicted molar refractivity (Wildman–Crippen MR) is 70.5 cm³/mol. The van der Waals surface area contributed by atoms with E-state index in [-0.39, 0.29) is 17.1 Å². The highest BCUT2D eigenvalue weighted by Crippen LogP contribution is 2.27. The summed E-state index contributed by atoms with van der Waals surface area (Å²) in [5.74, 6) is -0.546. The molecule has 0 saturated heterocycles. The largest absolute Gasteiger partial charge is 0.384 e. The minimum atomic E-state index is -0.649. The lowest BCUT2D eigenvalue weighted by molar-refractivity contribution is 0.582. The Kier molecular flexibility index (Phi) is 3.74. The lowest BCUT2D eigenvalue weighted by atomic mass is 10.1. The molecule has 5 heteroatoms. The van der Waals surface area contributed by atoms with Crippen LogP contribution in [0.4, 0.5) is 14.6 Å². The van der Waals surface area contributed by atoms with E-state index in [0.29, 0.717) is 17.8 Å². The van der Waals surface area contributed by atoms with E-state index in [0.717, 1.165) is 6.42 Å². The van der Waals surface area contributed by atoms with Gasteiger partial charge in [-0.3, -0.25) is 0 Å².